The van der Waals surface area contributed by atoms with Crippen LogP contribution in [-0.2, 0) is 19.1 Å². The highest BCUT2D eigenvalue weighted by Crippen LogP contribution is 2.50. The molecule has 4 amide bonds. The summed E-state index contributed by atoms with van der Waals surface area (Å²) in [6.07, 6.45) is 7.11. The van der Waals surface area contributed by atoms with Gasteiger partial charge in [-0.15, -0.1) is 0 Å². The third-order valence-electron chi connectivity index (χ3n) is 11.3. The highest BCUT2D eigenvalue weighted by atomic mass is 16.5. The Morgan fingerprint density at radius 1 is 0.825 bits per heavy atom. The molecule has 2 fully saturated rings. The molecule has 0 spiro atoms. The molecule has 3 aliphatic rings. The lowest BCUT2D eigenvalue weighted by Gasteiger charge is -2.37. The largest absolute Gasteiger partial charge is 0.453 e. The Morgan fingerprint density at radius 2 is 1.49 bits per heavy atom. The topological polar surface area (TPSA) is 175 Å². The molecule has 2 aliphatic heterocycles. The van der Waals surface area contributed by atoms with E-state index in [0.29, 0.717) is 23.9 Å². The molecule has 1 aliphatic carbocycles. The molecule has 57 heavy (non-hydrogen) atoms. The van der Waals surface area contributed by atoms with Crippen LogP contribution in [0.25, 0.3) is 22.0 Å². The van der Waals surface area contributed by atoms with Gasteiger partial charge in [0.05, 0.1) is 38.3 Å². The molecule has 2 bridgehead atoms. The fourth-order valence-electron chi connectivity index (χ4n) is 8.43. The number of ether oxygens (including phenoxy) is 2. The number of rotatable bonds is 9. The van der Waals surface area contributed by atoms with Crippen molar-refractivity contribution in [3.8, 4) is 23.1 Å². The van der Waals surface area contributed by atoms with Crippen LogP contribution in [-0.4, -0.2) is 92.6 Å². The number of nitrogens with zero attached hydrogens (tertiary/aromatic N) is 4. The molecule has 4 N–H and O–H groups in total. The first kappa shape index (κ1) is 39.1. The number of fused-ring (bicyclic) bond motifs is 3. The van der Waals surface area contributed by atoms with Crippen molar-refractivity contribution in [1.29, 1.82) is 0 Å². The van der Waals surface area contributed by atoms with Gasteiger partial charge in [-0.3, -0.25) is 9.59 Å². The number of carbonyl (C=O) groups is 4. The fourth-order valence-corrected chi connectivity index (χ4v) is 8.43. The van der Waals surface area contributed by atoms with Gasteiger partial charge in [-0.25, -0.2) is 19.6 Å². The van der Waals surface area contributed by atoms with E-state index >= 15 is 0 Å². The van der Waals surface area contributed by atoms with Crippen molar-refractivity contribution in [2.75, 3.05) is 20.8 Å². The SMILES string of the molecule is COC(=O)N[C@H](C(=O)N1CC(C)=C[C@H]1c1ncc(-c2ccc3cc(C#Cc4cnc([C@@H]5[C@@H]6CC[C@@H](C6)N5C(=O)[C@@H](NC(=O)OC)C(C)C)[nH]4)ccc3c2)[nH]1)C(C)C. The Balaban J connectivity index is 1.05. The second kappa shape index (κ2) is 16.2. The maximum atomic E-state index is 13.9. The van der Waals surface area contributed by atoms with Crippen LogP contribution in [0.3, 0.4) is 0 Å². The zero-order valence-corrected chi connectivity index (χ0v) is 33.4. The molecule has 4 aromatic rings. The number of hydrogen-bond acceptors (Lipinski definition) is 8. The zero-order valence-electron chi connectivity index (χ0n) is 33.4. The Labute approximate surface area is 332 Å². The predicted octanol–water partition coefficient (Wildman–Crippen LogP) is 6.00. The molecular weight excluding hydrogens is 725 g/mol. The van der Waals surface area contributed by atoms with Crippen molar-refractivity contribution in [2.45, 2.75) is 84.1 Å². The highest BCUT2D eigenvalue weighted by Gasteiger charge is 2.51. The lowest BCUT2D eigenvalue weighted by atomic mass is 9.95. The van der Waals surface area contributed by atoms with Gasteiger partial charge in [0.25, 0.3) is 0 Å². The van der Waals surface area contributed by atoms with E-state index in [1.54, 1.807) is 17.3 Å². The number of hydrogen-bond donors (Lipinski definition) is 4. The number of nitrogens with one attached hydrogen (secondary N) is 4. The summed E-state index contributed by atoms with van der Waals surface area (Å²) in [4.78, 5) is 71.4. The smallest absolute Gasteiger partial charge is 0.407 e. The lowest BCUT2D eigenvalue weighted by molar-refractivity contribution is -0.139. The molecule has 1 saturated heterocycles. The van der Waals surface area contributed by atoms with E-state index in [4.69, 9.17) is 9.47 Å². The van der Waals surface area contributed by atoms with Gasteiger partial charge >= 0.3 is 12.2 Å². The molecule has 2 aromatic carbocycles. The summed E-state index contributed by atoms with van der Waals surface area (Å²) < 4.78 is 9.57. The molecule has 1 saturated carbocycles. The fraction of sp³-hybridized carbons (Fsp3) is 0.442. The van der Waals surface area contributed by atoms with Gasteiger partial charge < -0.3 is 39.9 Å². The van der Waals surface area contributed by atoms with Gasteiger partial charge in [-0.1, -0.05) is 63.5 Å². The van der Waals surface area contributed by atoms with Crippen molar-refractivity contribution in [1.82, 2.24) is 40.4 Å². The van der Waals surface area contributed by atoms with Crippen LogP contribution < -0.4 is 10.6 Å². The van der Waals surface area contributed by atoms with Gasteiger partial charge in [-0.2, -0.15) is 0 Å². The minimum absolute atomic E-state index is 0.108. The molecule has 0 unspecified atom stereocenters. The van der Waals surface area contributed by atoms with Gasteiger partial charge in [0.15, 0.2) is 0 Å². The van der Waals surface area contributed by atoms with Crippen molar-refractivity contribution in [3.05, 3.63) is 83.3 Å². The summed E-state index contributed by atoms with van der Waals surface area (Å²) in [6.45, 7) is 10.0. The molecular formula is C43H50N8O6. The number of amides is 4. The third-order valence-corrected chi connectivity index (χ3v) is 11.3. The number of imidazole rings is 2. The first-order chi connectivity index (χ1) is 27.3. The maximum Gasteiger partial charge on any atom is 0.407 e. The first-order valence-corrected chi connectivity index (χ1v) is 19.5. The van der Waals surface area contributed by atoms with Gasteiger partial charge in [0.2, 0.25) is 11.8 Å². The summed E-state index contributed by atoms with van der Waals surface area (Å²) in [6, 6.07) is 10.3. The second-order valence-electron chi connectivity index (χ2n) is 15.9. The summed E-state index contributed by atoms with van der Waals surface area (Å²) in [7, 11) is 2.58. The zero-order chi connectivity index (χ0) is 40.5. The minimum Gasteiger partial charge on any atom is -0.453 e. The summed E-state index contributed by atoms with van der Waals surface area (Å²) in [5.74, 6) is 7.55. The number of benzene rings is 2. The summed E-state index contributed by atoms with van der Waals surface area (Å²) in [5, 5.41) is 7.48. The van der Waals surface area contributed by atoms with Gasteiger partial charge in [0, 0.05) is 23.7 Å². The van der Waals surface area contributed by atoms with Crippen LogP contribution in [0.1, 0.15) is 88.9 Å². The van der Waals surface area contributed by atoms with Crippen molar-refractivity contribution in [2.24, 2.45) is 17.8 Å². The number of carbonyl (C=O) groups excluding carboxylic acids is 4. The first-order valence-electron chi connectivity index (χ1n) is 19.5. The number of alkyl carbamates (subject to hydrolysis) is 2. The van der Waals surface area contributed by atoms with Crippen molar-refractivity contribution >= 4 is 34.8 Å². The number of piperidine rings is 1. The third kappa shape index (κ3) is 7.96. The number of methoxy groups -OCH3 is 2. The molecule has 7 rings (SSSR count). The molecule has 4 heterocycles. The monoisotopic (exact) mass is 774 g/mol. The van der Waals surface area contributed by atoms with E-state index in [1.165, 1.54) is 14.2 Å². The van der Waals surface area contributed by atoms with Crippen LogP contribution in [0.4, 0.5) is 9.59 Å². The number of likely N-dealkylation sites (tertiary alicyclic amines) is 1. The Bertz CT molecular complexity index is 2280. The van der Waals surface area contributed by atoms with E-state index in [-0.39, 0.29) is 41.7 Å². The van der Waals surface area contributed by atoms with Gasteiger partial charge in [0.1, 0.15) is 35.5 Å². The highest BCUT2D eigenvalue weighted by molar-refractivity contribution is 5.89. The maximum absolute atomic E-state index is 13.9. The number of H-pyrrole nitrogens is 2. The molecule has 298 valence electrons. The van der Waals surface area contributed by atoms with Crippen molar-refractivity contribution in [3.63, 3.8) is 0 Å². The van der Waals surface area contributed by atoms with E-state index in [2.05, 4.69) is 48.5 Å². The normalized spacial score (nSPS) is 21.0. The van der Waals surface area contributed by atoms with E-state index in [1.807, 2.05) is 75.9 Å². The van der Waals surface area contributed by atoms with Crippen LogP contribution in [0.2, 0.25) is 0 Å². The Hall–Kier alpha value is -6.10. The van der Waals surface area contributed by atoms with Gasteiger partial charge in [-0.05, 0) is 78.8 Å². The summed E-state index contributed by atoms with van der Waals surface area (Å²) in [5.41, 5.74) is 4.30. The second-order valence-corrected chi connectivity index (χ2v) is 15.9. The molecule has 14 heteroatoms. The van der Waals surface area contributed by atoms with Crippen LogP contribution in [0.5, 0.6) is 0 Å². The Morgan fingerprint density at radius 3 is 2.19 bits per heavy atom. The van der Waals surface area contributed by atoms with Crippen molar-refractivity contribution < 1.29 is 28.7 Å². The van der Waals surface area contributed by atoms with Crippen LogP contribution in [0.15, 0.2) is 60.4 Å². The van der Waals surface area contributed by atoms with Crippen LogP contribution >= 0.6 is 0 Å². The molecule has 2 aromatic heterocycles. The molecule has 14 nitrogen and oxygen atoms in total. The average Bonchev–Trinajstić information content (AvgIpc) is 4.06. The molecule has 0 radical (unpaired) electrons. The number of aromatic amines is 2. The standard InChI is InChI=1S/C43H50N8O6/c1-23(2)35(48-42(54)56-6)40(52)50-22-25(5)16-34(50)38-45-21-33(47-38)29-12-11-27-17-26(8-10-28(27)18-29)9-14-31-20-44-39(46-31)37-30-13-15-32(19-30)51(37)41(53)36(24(3)4)49-43(55)57-7/h8,10-12,16-18,20-21,23-24,30,32,34-37H,13,15,19,22H2,1-7H3,(H,44,46)(H,45,47)(H,48,54)(H,49,55)/t30-,32+,34+,35+,36+,37+/m1/s1. The number of aromatic nitrogens is 4. The van der Waals surface area contributed by atoms with E-state index in [0.717, 1.165) is 52.4 Å². The lowest BCUT2D eigenvalue weighted by Crippen LogP contribution is -2.54. The van der Waals surface area contributed by atoms with Crippen LogP contribution in [0, 0.1) is 29.6 Å². The summed E-state index contributed by atoms with van der Waals surface area (Å²) >= 11 is 0. The average molecular weight is 775 g/mol. The quantitative estimate of drug-likeness (QED) is 0.118. The molecule has 6 atom stereocenters. The minimum atomic E-state index is -0.738. The van der Waals surface area contributed by atoms with E-state index in [9.17, 15) is 19.2 Å². The Kier molecular flexibility index (Phi) is 11.1. The van der Waals surface area contributed by atoms with E-state index < -0.39 is 30.3 Å². The predicted molar refractivity (Wildman–Crippen MR) is 213 cm³/mol.